The number of piperidine rings is 1. The molecule has 0 bridgehead atoms. The highest BCUT2D eigenvalue weighted by Crippen LogP contribution is 2.15. The summed E-state index contributed by atoms with van der Waals surface area (Å²) in [5.74, 6) is 0. The van der Waals surface area contributed by atoms with Crippen LogP contribution in [0.5, 0.6) is 0 Å². The molecule has 1 saturated heterocycles. The van der Waals surface area contributed by atoms with Gasteiger partial charge in [0, 0.05) is 31.9 Å². The van der Waals surface area contributed by atoms with Crippen LogP contribution in [0.1, 0.15) is 39.3 Å². The molecule has 6 nitrogen and oxygen atoms in total. The van der Waals surface area contributed by atoms with Gasteiger partial charge in [0.1, 0.15) is 5.60 Å². The van der Waals surface area contributed by atoms with Crippen LogP contribution < -0.4 is 5.32 Å². The number of nitrogens with zero attached hydrogens (tertiary/aromatic N) is 3. The lowest BCUT2D eigenvalue weighted by atomic mass is 10.1. The molecular weight excluding hydrogens is 304 g/mol. The van der Waals surface area contributed by atoms with Crippen LogP contribution in [-0.4, -0.2) is 45.7 Å². The largest absolute Gasteiger partial charge is 0.444 e. The van der Waals surface area contributed by atoms with E-state index >= 15 is 0 Å². The van der Waals surface area contributed by atoms with E-state index < -0.39 is 5.60 Å². The van der Waals surface area contributed by atoms with Crippen molar-refractivity contribution in [1.29, 1.82) is 0 Å². The van der Waals surface area contributed by atoms with Crippen molar-refractivity contribution in [3.8, 4) is 0 Å². The topological polar surface area (TPSA) is 67.3 Å². The van der Waals surface area contributed by atoms with Gasteiger partial charge in [-0.25, -0.2) is 14.8 Å². The van der Waals surface area contributed by atoms with Crippen molar-refractivity contribution >= 4 is 17.7 Å². The summed E-state index contributed by atoms with van der Waals surface area (Å²) in [7, 11) is 0. The molecule has 1 N–H and O–H groups in total. The second kappa shape index (κ2) is 7.24. The molecule has 0 unspecified atom stereocenters. The van der Waals surface area contributed by atoms with Gasteiger partial charge >= 0.3 is 6.09 Å². The minimum absolute atomic E-state index is 0.231. The second-order valence-electron chi connectivity index (χ2n) is 6.46. The first kappa shape index (κ1) is 17.0. The van der Waals surface area contributed by atoms with Crippen LogP contribution in [0.25, 0.3) is 0 Å². The smallest absolute Gasteiger partial charge is 0.410 e. The van der Waals surface area contributed by atoms with Crippen molar-refractivity contribution in [3.63, 3.8) is 0 Å². The first-order chi connectivity index (χ1) is 10.3. The third-order valence-electron chi connectivity index (χ3n) is 3.33. The van der Waals surface area contributed by atoms with E-state index in [0.717, 1.165) is 25.1 Å². The van der Waals surface area contributed by atoms with E-state index in [4.69, 9.17) is 16.3 Å². The molecule has 22 heavy (non-hydrogen) atoms. The molecule has 1 aromatic rings. The number of nitrogens with one attached hydrogen (secondary N) is 1. The van der Waals surface area contributed by atoms with E-state index in [2.05, 4.69) is 15.3 Å². The fourth-order valence-corrected chi connectivity index (χ4v) is 2.52. The maximum Gasteiger partial charge on any atom is 0.410 e. The average molecular weight is 327 g/mol. The van der Waals surface area contributed by atoms with Crippen LogP contribution in [0.4, 0.5) is 4.79 Å². The van der Waals surface area contributed by atoms with Gasteiger partial charge in [-0.1, -0.05) is 0 Å². The Morgan fingerprint density at radius 1 is 1.55 bits per heavy atom. The lowest BCUT2D eigenvalue weighted by Crippen LogP contribution is -2.49. The Bertz CT molecular complexity index is 519. The SMILES string of the molecule is CC(C)(C)OC(=O)N1CCC[C@@H](NCc2ccnc(Cl)n2)C1. The number of amides is 1. The molecule has 0 spiro atoms. The zero-order chi connectivity index (χ0) is 16.2. The fourth-order valence-electron chi connectivity index (χ4n) is 2.35. The summed E-state index contributed by atoms with van der Waals surface area (Å²) in [6.45, 7) is 7.63. The number of aromatic nitrogens is 2. The second-order valence-corrected chi connectivity index (χ2v) is 6.80. The minimum atomic E-state index is -0.463. The van der Waals surface area contributed by atoms with Gasteiger partial charge in [0.25, 0.3) is 0 Å². The molecular formula is C15H23ClN4O2. The highest BCUT2D eigenvalue weighted by atomic mass is 35.5. The number of hydrogen-bond donors (Lipinski definition) is 1. The molecule has 0 aliphatic carbocycles. The van der Waals surface area contributed by atoms with Crippen molar-refractivity contribution in [2.45, 2.75) is 51.8 Å². The van der Waals surface area contributed by atoms with Crippen molar-refractivity contribution in [3.05, 3.63) is 23.2 Å². The number of hydrogen-bond acceptors (Lipinski definition) is 5. The van der Waals surface area contributed by atoms with E-state index in [1.54, 1.807) is 11.1 Å². The van der Waals surface area contributed by atoms with Gasteiger partial charge < -0.3 is 15.0 Å². The molecule has 0 aromatic carbocycles. The molecule has 0 radical (unpaired) electrons. The fraction of sp³-hybridized carbons (Fsp3) is 0.667. The number of likely N-dealkylation sites (tertiary alicyclic amines) is 1. The summed E-state index contributed by atoms with van der Waals surface area (Å²) in [6.07, 6.45) is 3.38. The molecule has 1 atom stereocenters. The molecule has 1 aromatic heterocycles. The number of carbonyl (C=O) groups is 1. The van der Waals surface area contributed by atoms with Gasteiger partial charge in [-0.15, -0.1) is 0 Å². The third kappa shape index (κ3) is 5.42. The Balaban J connectivity index is 1.84. The predicted molar refractivity (Wildman–Crippen MR) is 84.7 cm³/mol. The molecule has 2 rings (SSSR count). The maximum absolute atomic E-state index is 12.1. The van der Waals surface area contributed by atoms with Crippen molar-refractivity contribution < 1.29 is 9.53 Å². The Labute approximate surface area is 136 Å². The Kier molecular flexibility index (Phi) is 5.58. The van der Waals surface area contributed by atoms with Gasteiger partial charge in [-0.3, -0.25) is 0 Å². The monoisotopic (exact) mass is 326 g/mol. The lowest BCUT2D eigenvalue weighted by Gasteiger charge is -2.34. The van der Waals surface area contributed by atoms with Crippen LogP contribution in [0, 0.1) is 0 Å². The van der Waals surface area contributed by atoms with Gasteiger partial charge in [0.05, 0.1) is 5.69 Å². The van der Waals surface area contributed by atoms with E-state index in [1.807, 2.05) is 26.8 Å². The van der Waals surface area contributed by atoms with Crippen molar-refractivity contribution in [1.82, 2.24) is 20.2 Å². The standard InChI is InChI=1S/C15H23ClN4O2/c1-15(2,3)22-14(21)20-8-4-5-12(10-20)18-9-11-6-7-17-13(16)19-11/h6-7,12,18H,4-5,8-10H2,1-3H3/t12-/m1/s1. The first-order valence-electron chi connectivity index (χ1n) is 7.52. The third-order valence-corrected chi connectivity index (χ3v) is 3.51. The van der Waals surface area contributed by atoms with Crippen LogP contribution in [0.15, 0.2) is 12.3 Å². The Morgan fingerprint density at radius 3 is 3.00 bits per heavy atom. The number of halogens is 1. The molecule has 7 heteroatoms. The Morgan fingerprint density at radius 2 is 2.32 bits per heavy atom. The normalized spacial score (nSPS) is 19.1. The summed E-state index contributed by atoms with van der Waals surface area (Å²) in [5.41, 5.74) is 0.379. The Hall–Kier alpha value is -1.40. The van der Waals surface area contributed by atoms with Crippen molar-refractivity contribution in [2.24, 2.45) is 0 Å². The van der Waals surface area contributed by atoms with Crippen LogP contribution in [0.2, 0.25) is 5.28 Å². The molecule has 1 amide bonds. The van der Waals surface area contributed by atoms with Gasteiger partial charge in [-0.2, -0.15) is 0 Å². The summed E-state index contributed by atoms with van der Waals surface area (Å²) >= 11 is 5.77. The zero-order valence-electron chi connectivity index (χ0n) is 13.3. The molecule has 1 aliphatic heterocycles. The summed E-state index contributed by atoms with van der Waals surface area (Å²) in [5, 5.41) is 3.66. The summed E-state index contributed by atoms with van der Waals surface area (Å²) < 4.78 is 5.43. The minimum Gasteiger partial charge on any atom is -0.444 e. The summed E-state index contributed by atoms with van der Waals surface area (Å²) in [6, 6.07) is 2.06. The number of ether oxygens (including phenoxy) is 1. The van der Waals surface area contributed by atoms with Crippen LogP contribution >= 0.6 is 11.6 Å². The predicted octanol–water partition coefficient (Wildman–Crippen LogP) is 2.62. The highest BCUT2D eigenvalue weighted by Gasteiger charge is 2.27. The number of rotatable bonds is 3. The molecule has 122 valence electrons. The van der Waals surface area contributed by atoms with E-state index in [-0.39, 0.29) is 17.4 Å². The van der Waals surface area contributed by atoms with Crippen LogP contribution in [0.3, 0.4) is 0 Å². The van der Waals surface area contributed by atoms with Crippen LogP contribution in [-0.2, 0) is 11.3 Å². The molecule has 0 saturated carbocycles. The van der Waals surface area contributed by atoms with Gasteiger partial charge in [-0.05, 0) is 51.3 Å². The summed E-state index contributed by atoms with van der Waals surface area (Å²) in [4.78, 5) is 21.9. The number of carbonyl (C=O) groups excluding carboxylic acids is 1. The van der Waals surface area contributed by atoms with Gasteiger partial charge in [0.15, 0.2) is 0 Å². The molecule has 1 fully saturated rings. The molecule has 1 aliphatic rings. The first-order valence-corrected chi connectivity index (χ1v) is 7.90. The van der Waals surface area contributed by atoms with E-state index in [9.17, 15) is 4.79 Å². The highest BCUT2D eigenvalue weighted by molar-refractivity contribution is 6.28. The quantitative estimate of drug-likeness (QED) is 0.865. The lowest BCUT2D eigenvalue weighted by molar-refractivity contribution is 0.0187. The van der Waals surface area contributed by atoms with E-state index in [1.165, 1.54) is 0 Å². The zero-order valence-corrected chi connectivity index (χ0v) is 14.1. The van der Waals surface area contributed by atoms with Crippen molar-refractivity contribution in [2.75, 3.05) is 13.1 Å². The molecule has 2 heterocycles. The maximum atomic E-state index is 12.1. The average Bonchev–Trinajstić information content (AvgIpc) is 2.44. The van der Waals surface area contributed by atoms with E-state index in [0.29, 0.717) is 13.1 Å². The van der Waals surface area contributed by atoms with Gasteiger partial charge in [0.2, 0.25) is 5.28 Å².